The van der Waals surface area contributed by atoms with Crippen LogP contribution in [0.4, 0.5) is 0 Å². The number of aromatic nitrogens is 5. The highest BCUT2D eigenvalue weighted by molar-refractivity contribution is 5.79. The lowest BCUT2D eigenvalue weighted by Gasteiger charge is -2.36. The van der Waals surface area contributed by atoms with Crippen molar-refractivity contribution in [3.63, 3.8) is 0 Å². The van der Waals surface area contributed by atoms with Gasteiger partial charge in [0, 0.05) is 23.7 Å². The van der Waals surface area contributed by atoms with Gasteiger partial charge < -0.3 is 4.98 Å². The van der Waals surface area contributed by atoms with E-state index in [0.717, 1.165) is 47.1 Å². The predicted octanol–water partition coefficient (Wildman–Crippen LogP) is 5.22. The van der Waals surface area contributed by atoms with Crippen molar-refractivity contribution in [2.24, 2.45) is 0 Å². The Balaban J connectivity index is 1.50. The molecule has 1 atom stereocenters. The number of H-pyrrole nitrogens is 1. The highest BCUT2D eigenvalue weighted by Crippen LogP contribution is 2.36. The van der Waals surface area contributed by atoms with E-state index in [0.29, 0.717) is 18.6 Å². The summed E-state index contributed by atoms with van der Waals surface area (Å²) in [6, 6.07) is 9.29. The lowest BCUT2D eigenvalue weighted by atomic mass is 9.95. The predicted molar refractivity (Wildman–Crippen MR) is 130 cm³/mol. The van der Waals surface area contributed by atoms with Gasteiger partial charge in [-0.1, -0.05) is 51.2 Å². The highest BCUT2D eigenvalue weighted by Gasteiger charge is 2.34. The summed E-state index contributed by atoms with van der Waals surface area (Å²) in [5, 5.41) is 14.2. The first-order chi connectivity index (χ1) is 16.1. The zero-order chi connectivity index (χ0) is 22.8. The summed E-state index contributed by atoms with van der Waals surface area (Å²) in [5.74, 6) is 0.976. The Labute approximate surface area is 195 Å². The molecule has 2 saturated carbocycles. The van der Waals surface area contributed by atoms with Gasteiger partial charge in [0.25, 0.3) is 5.56 Å². The molecule has 0 amide bonds. The van der Waals surface area contributed by atoms with E-state index in [-0.39, 0.29) is 11.6 Å². The van der Waals surface area contributed by atoms with Gasteiger partial charge in [-0.05, 0) is 72.5 Å². The molecule has 5 rings (SSSR count). The number of nitrogens with zero attached hydrogens (tertiary/aromatic N) is 5. The molecule has 1 aromatic carbocycles. The van der Waals surface area contributed by atoms with E-state index in [2.05, 4.69) is 62.1 Å². The number of tetrazole rings is 1. The molecule has 2 aromatic heterocycles. The largest absolute Gasteiger partial charge is 0.322 e. The van der Waals surface area contributed by atoms with E-state index >= 15 is 0 Å². The van der Waals surface area contributed by atoms with Crippen molar-refractivity contribution >= 4 is 10.9 Å². The highest BCUT2D eigenvalue weighted by atomic mass is 16.1. The molecule has 0 spiro atoms. The minimum Gasteiger partial charge on any atom is -0.322 e. The number of fused-ring (bicyclic) bond motifs is 1. The summed E-state index contributed by atoms with van der Waals surface area (Å²) in [6.45, 7) is 4.90. The maximum Gasteiger partial charge on any atom is 0.252 e. The van der Waals surface area contributed by atoms with E-state index in [1.807, 2.05) is 6.07 Å². The number of aromatic amines is 1. The van der Waals surface area contributed by atoms with Crippen LogP contribution < -0.4 is 5.56 Å². The molecule has 1 N–H and O–H groups in total. The normalized spacial score (nSPS) is 19.0. The Bertz CT molecular complexity index is 1140. The van der Waals surface area contributed by atoms with Gasteiger partial charge in [-0.2, -0.15) is 0 Å². The van der Waals surface area contributed by atoms with Gasteiger partial charge in [-0.3, -0.25) is 9.69 Å². The van der Waals surface area contributed by atoms with E-state index in [1.54, 1.807) is 0 Å². The van der Waals surface area contributed by atoms with E-state index < -0.39 is 0 Å². The SMILES string of the molecule is CC[C@H](c1nnnn1C1CCCCC1)N(Cc1cc2ccc(C)cc2[nH]c1=O)C1CCCC1. The zero-order valence-corrected chi connectivity index (χ0v) is 20.0. The van der Waals surface area contributed by atoms with Crippen LogP contribution in [0.25, 0.3) is 10.9 Å². The fourth-order valence-corrected chi connectivity index (χ4v) is 5.97. The molecular formula is C26H36N6O. The second-order valence-electron chi connectivity index (χ2n) is 10.0. The molecule has 2 aliphatic carbocycles. The molecule has 176 valence electrons. The molecule has 7 heteroatoms. The molecule has 0 radical (unpaired) electrons. The van der Waals surface area contributed by atoms with Crippen molar-refractivity contribution in [2.45, 2.75) is 103 Å². The van der Waals surface area contributed by atoms with Crippen molar-refractivity contribution in [1.29, 1.82) is 0 Å². The zero-order valence-electron chi connectivity index (χ0n) is 20.0. The molecule has 33 heavy (non-hydrogen) atoms. The van der Waals surface area contributed by atoms with Crippen LogP contribution >= 0.6 is 0 Å². The van der Waals surface area contributed by atoms with Gasteiger partial charge in [0.15, 0.2) is 5.82 Å². The van der Waals surface area contributed by atoms with Crippen molar-refractivity contribution in [3.05, 3.63) is 51.6 Å². The second-order valence-corrected chi connectivity index (χ2v) is 10.0. The Morgan fingerprint density at radius 2 is 1.85 bits per heavy atom. The molecule has 0 bridgehead atoms. The summed E-state index contributed by atoms with van der Waals surface area (Å²) >= 11 is 0. The first kappa shape index (κ1) is 22.3. The molecule has 2 heterocycles. The Kier molecular flexibility index (Phi) is 6.58. The van der Waals surface area contributed by atoms with E-state index in [9.17, 15) is 4.79 Å². The number of benzene rings is 1. The molecular weight excluding hydrogens is 412 g/mol. The molecule has 0 unspecified atom stereocenters. The average Bonchev–Trinajstić information content (AvgIpc) is 3.53. The lowest BCUT2D eigenvalue weighted by molar-refractivity contribution is 0.109. The molecule has 0 aliphatic heterocycles. The van der Waals surface area contributed by atoms with Crippen LogP contribution in [0, 0.1) is 6.92 Å². The van der Waals surface area contributed by atoms with Gasteiger partial charge >= 0.3 is 0 Å². The van der Waals surface area contributed by atoms with E-state index in [1.165, 1.54) is 44.9 Å². The minimum atomic E-state index is 0.0119. The van der Waals surface area contributed by atoms with Crippen molar-refractivity contribution in [3.8, 4) is 0 Å². The van der Waals surface area contributed by atoms with Gasteiger partial charge in [0.1, 0.15) is 0 Å². The second kappa shape index (κ2) is 9.75. The topological polar surface area (TPSA) is 79.7 Å². The van der Waals surface area contributed by atoms with Gasteiger partial charge in [-0.25, -0.2) is 4.68 Å². The van der Waals surface area contributed by atoms with Crippen LogP contribution in [-0.4, -0.2) is 36.1 Å². The molecule has 2 fully saturated rings. The number of hydrogen-bond acceptors (Lipinski definition) is 5. The monoisotopic (exact) mass is 448 g/mol. The lowest BCUT2D eigenvalue weighted by Crippen LogP contribution is -2.39. The van der Waals surface area contributed by atoms with Crippen LogP contribution in [0.1, 0.15) is 100 Å². The number of nitrogens with one attached hydrogen (secondary N) is 1. The van der Waals surface area contributed by atoms with Crippen LogP contribution in [-0.2, 0) is 6.54 Å². The van der Waals surface area contributed by atoms with Crippen molar-refractivity contribution in [2.75, 3.05) is 0 Å². The van der Waals surface area contributed by atoms with E-state index in [4.69, 9.17) is 0 Å². The fraction of sp³-hybridized carbons (Fsp3) is 0.615. The maximum absolute atomic E-state index is 13.1. The van der Waals surface area contributed by atoms with Crippen LogP contribution in [0.2, 0.25) is 0 Å². The van der Waals surface area contributed by atoms with Crippen LogP contribution in [0.15, 0.2) is 29.1 Å². The summed E-state index contributed by atoms with van der Waals surface area (Å²) in [6.07, 6.45) is 11.9. The molecule has 7 nitrogen and oxygen atoms in total. The third kappa shape index (κ3) is 4.60. The smallest absolute Gasteiger partial charge is 0.252 e. The Morgan fingerprint density at radius 3 is 2.61 bits per heavy atom. The Hall–Kier alpha value is -2.54. The third-order valence-corrected chi connectivity index (χ3v) is 7.75. The Morgan fingerprint density at radius 1 is 1.09 bits per heavy atom. The first-order valence-electron chi connectivity index (χ1n) is 12.8. The maximum atomic E-state index is 13.1. The van der Waals surface area contributed by atoms with Gasteiger partial charge in [-0.15, -0.1) is 5.10 Å². The summed E-state index contributed by atoms with van der Waals surface area (Å²) in [4.78, 5) is 18.7. The fourth-order valence-electron chi connectivity index (χ4n) is 5.97. The number of pyridine rings is 1. The third-order valence-electron chi connectivity index (χ3n) is 7.75. The number of rotatable bonds is 7. The standard InChI is InChI=1S/C26H36N6O/c1-3-24(25-28-29-30-32(25)22-11-5-4-6-12-22)31(21-9-7-8-10-21)17-20-16-19-14-13-18(2)15-23(19)27-26(20)33/h13-16,21-22,24H,3-12,17H2,1-2H3,(H,27,33)/t24-/m1/s1. The average molecular weight is 449 g/mol. The van der Waals surface area contributed by atoms with Crippen LogP contribution in [0.5, 0.6) is 0 Å². The van der Waals surface area contributed by atoms with Crippen LogP contribution in [0.3, 0.4) is 0 Å². The summed E-state index contributed by atoms with van der Waals surface area (Å²) < 4.78 is 2.11. The van der Waals surface area contributed by atoms with Crippen molar-refractivity contribution in [1.82, 2.24) is 30.1 Å². The minimum absolute atomic E-state index is 0.0119. The molecule has 2 aliphatic rings. The first-order valence-corrected chi connectivity index (χ1v) is 12.8. The quantitative estimate of drug-likeness (QED) is 0.536. The summed E-state index contributed by atoms with van der Waals surface area (Å²) in [7, 11) is 0. The molecule has 3 aromatic rings. The molecule has 0 saturated heterocycles. The van der Waals surface area contributed by atoms with Gasteiger partial charge in [0.05, 0.1) is 12.1 Å². The van der Waals surface area contributed by atoms with Gasteiger partial charge in [0.2, 0.25) is 0 Å². The summed E-state index contributed by atoms with van der Waals surface area (Å²) in [5.41, 5.74) is 2.90. The van der Waals surface area contributed by atoms with Crippen molar-refractivity contribution < 1.29 is 0 Å². The number of aryl methyl sites for hydroxylation is 1. The number of hydrogen-bond donors (Lipinski definition) is 1.